The maximum atomic E-state index is 12.7. The molecule has 110 valence electrons. The number of amides is 3. The molecular formula is C11H21N2O5P. The van der Waals surface area contributed by atoms with Gasteiger partial charge in [-0.3, -0.25) is 14.7 Å². The largest absolute Gasteiger partial charge is 0.362 e. The van der Waals surface area contributed by atoms with Crippen LogP contribution >= 0.6 is 7.60 Å². The lowest BCUT2D eigenvalue weighted by Crippen LogP contribution is -2.38. The third-order valence-corrected chi connectivity index (χ3v) is 4.85. The Morgan fingerprint density at radius 2 is 1.79 bits per heavy atom. The zero-order chi connectivity index (χ0) is 14.6. The molecule has 1 aliphatic heterocycles. The molecule has 1 atom stereocenters. The quantitative estimate of drug-likeness (QED) is 0.571. The first-order chi connectivity index (χ1) is 8.85. The molecule has 0 aliphatic carbocycles. The highest BCUT2D eigenvalue weighted by Gasteiger charge is 2.52. The lowest BCUT2D eigenvalue weighted by atomic mass is 10.2. The predicted molar refractivity (Wildman–Crippen MR) is 69.7 cm³/mol. The van der Waals surface area contributed by atoms with E-state index in [9.17, 15) is 14.2 Å². The molecule has 7 nitrogen and oxygen atoms in total. The maximum absolute atomic E-state index is 12.7. The molecule has 19 heavy (non-hydrogen) atoms. The Hall–Kier alpha value is -0.910. The highest BCUT2D eigenvalue weighted by Crippen LogP contribution is 2.55. The number of nitrogens with zero attached hydrogens (tertiary/aromatic N) is 1. The number of hydrogen-bond acceptors (Lipinski definition) is 5. The second-order valence-electron chi connectivity index (χ2n) is 4.59. The second-order valence-corrected chi connectivity index (χ2v) is 6.67. The van der Waals surface area contributed by atoms with Gasteiger partial charge in [-0.1, -0.05) is 13.8 Å². The number of rotatable bonds is 7. The molecule has 1 heterocycles. The minimum atomic E-state index is -3.68. The maximum Gasteiger partial charge on any atom is 0.362 e. The van der Waals surface area contributed by atoms with Gasteiger partial charge < -0.3 is 13.9 Å². The number of imide groups is 1. The normalized spacial score (nSPS) is 20.3. The van der Waals surface area contributed by atoms with Crippen LogP contribution in [0.25, 0.3) is 0 Å². The summed E-state index contributed by atoms with van der Waals surface area (Å²) in [7, 11) is -3.68. The van der Waals surface area contributed by atoms with E-state index in [0.29, 0.717) is 6.54 Å². The van der Waals surface area contributed by atoms with Crippen LogP contribution in [0.5, 0.6) is 0 Å². The molecule has 0 spiro atoms. The standard InChI is InChI=1S/C11H21N2O5P/c1-5-17-19(16,18-6-2)10-9(14)12-11(15)13(10)7-8(3)4/h8,10H,5-7H2,1-4H3,(H,12,14,15). The Balaban J connectivity index is 3.06. The van der Waals surface area contributed by atoms with Crippen LogP contribution in [0, 0.1) is 5.92 Å². The first-order valence-corrected chi connectivity index (χ1v) is 7.97. The predicted octanol–water partition coefficient (Wildman–Crippen LogP) is 1.79. The Bertz CT molecular complexity index is 389. The van der Waals surface area contributed by atoms with Crippen LogP contribution in [0.4, 0.5) is 4.79 Å². The summed E-state index contributed by atoms with van der Waals surface area (Å²) < 4.78 is 23.0. The van der Waals surface area contributed by atoms with Gasteiger partial charge in [-0.25, -0.2) is 4.79 Å². The molecule has 1 N–H and O–H groups in total. The van der Waals surface area contributed by atoms with Crippen molar-refractivity contribution in [2.45, 2.75) is 33.5 Å². The van der Waals surface area contributed by atoms with Gasteiger partial charge in [-0.05, 0) is 19.8 Å². The topological polar surface area (TPSA) is 84.9 Å². The fourth-order valence-electron chi connectivity index (χ4n) is 1.92. The summed E-state index contributed by atoms with van der Waals surface area (Å²) in [6, 6.07) is -0.552. The third-order valence-electron chi connectivity index (χ3n) is 2.50. The lowest BCUT2D eigenvalue weighted by Gasteiger charge is -2.28. The molecule has 0 saturated carbocycles. The molecule has 1 unspecified atom stereocenters. The third kappa shape index (κ3) is 3.55. The Kier molecular flexibility index (Phi) is 5.52. The summed E-state index contributed by atoms with van der Waals surface area (Å²) in [5, 5.41) is 2.16. The minimum absolute atomic E-state index is 0.135. The van der Waals surface area contributed by atoms with Crippen molar-refractivity contribution >= 4 is 19.5 Å². The van der Waals surface area contributed by atoms with Gasteiger partial charge in [-0.15, -0.1) is 0 Å². The van der Waals surface area contributed by atoms with Crippen molar-refractivity contribution in [3.8, 4) is 0 Å². The van der Waals surface area contributed by atoms with E-state index < -0.39 is 25.3 Å². The first kappa shape index (κ1) is 16.1. The summed E-state index contributed by atoms with van der Waals surface area (Å²) >= 11 is 0. The van der Waals surface area contributed by atoms with Crippen molar-refractivity contribution in [3.05, 3.63) is 0 Å². The minimum Gasteiger partial charge on any atom is -0.307 e. The van der Waals surface area contributed by atoms with E-state index in [1.165, 1.54) is 4.90 Å². The fraction of sp³-hybridized carbons (Fsp3) is 0.818. The molecule has 3 amide bonds. The summed E-state index contributed by atoms with van der Waals surface area (Å²) in [5.74, 6) is -1.69. The number of hydrogen-bond donors (Lipinski definition) is 1. The molecular weight excluding hydrogens is 271 g/mol. The van der Waals surface area contributed by atoms with Crippen molar-refractivity contribution in [1.82, 2.24) is 10.2 Å². The highest BCUT2D eigenvalue weighted by atomic mass is 31.2. The van der Waals surface area contributed by atoms with Crippen molar-refractivity contribution in [2.75, 3.05) is 19.8 Å². The molecule has 8 heteroatoms. The van der Waals surface area contributed by atoms with E-state index in [0.717, 1.165) is 0 Å². The van der Waals surface area contributed by atoms with Gasteiger partial charge in [0.1, 0.15) is 0 Å². The molecule has 0 aromatic rings. The average molecular weight is 292 g/mol. The van der Waals surface area contributed by atoms with E-state index in [1.807, 2.05) is 13.8 Å². The molecule has 1 fully saturated rings. The van der Waals surface area contributed by atoms with Crippen molar-refractivity contribution in [3.63, 3.8) is 0 Å². The van der Waals surface area contributed by atoms with Gasteiger partial charge >= 0.3 is 13.6 Å². The van der Waals surface area contributed by atoms with Gasteiger partial charge in [0.25, 0.3) is 5.91 Å². The first-order valence-electron chi connectivity index (χ1n) is 6.36. The van der Waals surface area contributed by atoms with E-state index in [1.54, 1.807) is 13.8 Å². The van der Waals surface area contributed by atoms with Gasteiger partial charge in [0.15, 0.2) is 0 Å². The molecule has 0 radical (unpaired) electrons. The smallest absolute Gasteiger partial charge is 0.307 e. The molecule has 0 aromatic heterocycles. The van der Waals surface area contributed by atoms with Crippen LogP contribution in [0.3, 0.4) is 0 Å². The van der Waals surface area contributed by atoms with Crippen LogP contribution in [0.1, 0.15) is 27.7 Å². The van der Waals surface area contributed by atoms with E-state index >= 15 is 0 Å². The molecule has 0 aromatic carbocycles. The van der Waals surface area contributed by atoms with Crippen LogP contribution in [-0.2, 0) is 18.4 Å². The summed E-state index contributed by atoms with van der Waals surface area (Å²) in [6.07, 6.45) is 0. The number of urea groups is 1. The molecule has 0 bridgehead atoms. The van der Waals surface area contributed by atoms with Crippen molar-refractivity contribution in [2.24, 2.45) is 5.92 Å². The summed E-state index contributed by atoms with van der Waals surface area (Å²) in [5.41, 5.74) is 0. The monoisotopic (exact) mass is 292 g/mol. The van der Waals surface area contributed by atoms with E-state index in [2.05, 4.69) is 5.32 Å². The van der Waals surface area contributed by atoms with Crippen molar-refractivity contribution < 1.29 is 23.2 Å². The zero-order valence-corrected chi connectivity index (χ0v) is 12.6. The number of nitrogens with one attached hydrogen (secondary N) is 1. The van der Waals surface area contributed by atoms with Crippen molar-refractivity contribution in [1.29, 1.82) is 0 Å². The Morgan fingerprint density at radius 1 is 1.26 bits per heavy atom. The number of carbonyl (C=O) groups is 2. The van der Waals surface area contributed by atoms with E-state index in [-0.39, 0.29) is 19.1 Å². The van der Waals surface area contributed by atoms with Gasteiger partial charge in [0.05, 0.1) is 13.2 Å². The van der Waals surface area contributed by atoms with Crippen LogP contribution in [0.15, 0.2) is 0 Å². The van der Waals surface area contributed by atoms with Gasteiger partial charge in [0, 0.05) is 6.54 Å². The lowest BCUT2D eigenvalue weighted by molar-refractivity contribution is -0.120. The zero-order valence-electron chi connectivity index (χ0n) is 11.7. The SMILES string of the molecule is CCOP(=O)(OCC)C1C(=O)NC(=O)N1CC(C)C. The van der Waals surface area contributed by atoms with Crippen LogP contribution < -0.4 is 5.32 Å². The molecule has 1 aliphatic rings. The second kappa shape index (κ2) is 6.50. The van der Waals surface area contributed by atoms with Crippen LogP contribution in [-0.4, -0.2) is 42.4 Å². The number of carbonyl (C=O) groups excluding carboxylic acids is 2. The molecule has 1 saturated heterocycles. The highest BCUT2D eigenvalue weighted by molar-refractivity contribution is 7.55. The van der Waals surface area contributed by atoms with Crippen LogP contribution in [0.2, 0.25) is 0 Å². The van der Waals surface area contributed by atoms with Gasteiger partial charge in [0.2, 0.25) is 5.78 Å². The molecule has 1 rings (SSSR count). The summed E-state index contributed by atoms with van der Waals surface area (Å²) in [4.78, 5) is 24.8. The summed E-state index contributed by atoms with van der Waals surface area (Å²) in [6.45, 7) is 7.72. The van der Waals surface area contributed by atoms with E-state index in [4.69, 9.17) is 9.05 Å². The Morgan fingerprint density at radius 3 is 2.21 bits per heavy atom. The fourth-order valence-corrected chi connectivity index (χ4v) is 3.89. The Labute approximate surface area is 113 Å². The van der Waals surface area contributed by atoms with Gasteiger partial charge in [-0.2, -0.15) is 0 Å². The average Bonchev–Trinajstić information content (AvgIpc) is 2.54.